The van der Waals surface area contributed by atoms with Crippen LogP contribution in [0.3, 0.4) is 0 Å². The number of hydrogen-bond donors (Lipinski definition) is 1. The number of rotatable bonds is 3. The first kappa shape index (κ1) is 14.4. The zero-order chi connectivity index (χ0) is 14.7. The van der Waals surface area contributed by atoms with Gasteiger partial charge < -0.3 is 10.2 Å². The Hall–Kier alpha value is -1.98. The normalized spacial score (nSPS) is 18.6. The molecule has 0 aromatic heterocycles. The lowest BCUT2D eigenvalue weighted by Crippen LogP contribution is -2.43. The smallest absolute Gasteiger partial charge is 0.227 e. The van der Waals surface area contributed by atoms with Gasteiger partial charge in [-0.15, -0.1) is 0 Å². The molecular formula is C14H16F2N2O2. The molecule has 0 spiro atoms. The molecule has 0 radical (unpaired) electrons. The molecule has 1 aliphatic heterocycles. The Bertz CT molecular complexity index is 524. The van der Waals surface area contributed by atoms with E-state index in [4.69, 9.17) is 0 Å². The van der Waals surface area contributed by atoms with Crippen LogP contribution in [0.4, 0.5) is 8.78 Å². The highest BCUT2D eigenvalue weighted by molar-refractivity contribution is 5.83. The molecule has 20 heavy (non-hydrogen) atoms. The van der Waals surface area contributed by atoms with E-state index in [9.17, 15) is 18.4 Å². The molecule has 1 saturated heterocycles. The van der Waals surface area contributed by atoms with E-state index in [1.807, 2.05) is 0 Å². The summed E-state index contributed by atoms with van der Waals surface area (Å²) in [5.74, 6) is -1.78. The first-order chi connectivity index (χ1) is 9.47. The molecular weight excluding hydrogens is 266 g/mol. The Balaban J connectivity index is 1.98. The lowest BCUT2D eigenvalue weighted by Gasteiger charge is -2.26. The number of carbonyl (C=O) groups is 2. The number of carbonyl (C=O) groups excluding carboxylic acids is 2. The highest BCUT2D eigenvalue weighted by Crippen LogP contribution is 2.16. The van der Waals surface area contributed by atoms with E-state index in [1.165, 1.54) is 11.0 Å². The Labute approximate surface area is 115 Å². The molecule has 1 unspecified atom stereocenters. The van der Waals surface area contributed by atoms with Crippen molar-refractivity contribution in [3.8, 4) is 0 Å². The van der Waals surface area contributed by atoms with Crippen LogP contribution in [0, 0.1) is 17.6 Å². The fourth-order valence-corrected chi connectivity index (χ4v) is 2.24. The fourth-order valence-electron chi connectivity index (χ4n) is 2.24. The molecule has 1 N–H and O–H groups in total. The second kappa shape index (κ2) is 5.98. The summed E-state index contributed by atoms with van der Waals surface area (Å²) in [6, 6.07) is 3.29. The van der Waals surface area contributed by atoms with Gasteiger partial charge in [-0.3, -0.25) is 9.59 Å². The van der Waals surface area contributed by atoms with Gasteiger partial charge in [0.15, 0.2) is 0 Å². The van der Waals surface area contributed by atoms with E-state index >= 15 is 0 Å². The summed E-state index contributed by atoms with van der Waals surface area (Å²) in [4.78, 5) is 24.6. The third-order valence-corrected chi connectivity index (χ3v) is 3.41. The molecule has 0 saturated carbocycles. The zero-order valence-corrected chi connectivity index (χ0v) is 11.2. The lowest BCUT2D eigenvalue weighted by atomic mass is 9.97. The van der Waals surface area contributed by atoms with Gasteiger partial charge >= 0.3 is 0 Å². The molecule has 2 rings (SSSR count). The molecule has 6 heteroatoms. The van der Waals surface area contributed by atoms with Crippen LogP contribution in [-0.2, 0) is 16.1 Å². The van der Waals surface area contributed by atoms with Gasteiger partial charge in [-0.25, -0.2) is 8.78 Å². The molecule has 1 atom stereocenters. The fraction of sp³-hybridized carbons (Fsp3) is 0.429. The third-order valence-electron chi connectivity index (χ3n) is 3.41. The Kier molecular flexibility index (Phi) is 4.32. The number of benzene rings is 1. The highest BCUT2D eigenvalue weighted by atomic mass is 19.1. The van der Waals surface area contributed by atoms with Crippen molar-refractivity contribution in [2.75, 3.05) is 13.6 Å². The maximum atomic E-state index is 13.5. The van der Waals surface area contributed by atoms with E-state index in [1.54, 1.807) is 7.05 Å². The van der Waals surface area contributed by atoms with E-state index in [0.29, 0.717) is 19.4 Å². The van der Waals surface area contributed by atoms with Gasteiger partial charge in [0.1, 0.15) is 11.6 Å². The topological polar surface area (TPSA) is 49.4 Å². The predicted molar refractivity (Wildman–Crippen MR) is 68.6 cm³/mol. The van der Waals surface area contributed by atoms with Crippen molar-refractivity contribution in [3.63, 3.8) is 0 Å². The number of nitrogens with one attached hydrogen (secondary N) is 1. The molecule has 4 nitrogen and oxygen atoms in total. The van der Waals surface area contributed by atoms with Crippen LogP contribution < -0.4 is 5.32 Å². The van der Waals surface area contributed by atoms with Crippen LogP contribution in [0.5, 0.6) is 0 Å². The average Bonchev–Trinajstić information content (AvgIpc) is 2.42. The van der Waals surface area contributed by atoms with Crippen LogP contribution in [0.25, 0.3) is 0 Å². The van der Waals surface area contributed by atoms with E-state index in [2.05, 4.69) is 5.32 Å². The average molecular weight is 282 g/mol. The largest absolute Gasteiger partial charge is 0.355 e. The van der Waals surface area contributed by atoms with Gasteiger partial charge in [0.05, 0.1) is 5.92 Å². The van der Waals surface area contributed by atoms with Crippen LogP contribution in [0.15, 0.2) is 18.2 Å². The minimum absolute atomic E-state index is 0.0544. The van der Waals surface area contributed by atoms with Crippen molar-refractivity contribution >= 4 is 11.8 Å². The summed E-state index contributed by atoms with van der Waals surface area (Å²) >= 11 is 0. The van der Waals surface area contributed by atoms with Crippen molar-refractivity contribution in [1.29, 1.82) is 0 Å². The van der Waals surface area contributed by atoms with Crippen molar-refractivity contribution in [2.24, 2.45) is 5.92 Å². The summed E-state index contributed by atoms with van der Waals surface area (Å²) in [6.07, 6.45) is 0.829. The van der Waals surface area contributed by atoms with Crippen LogP contribution in [-0.4, -0.2) is 30.3 Å². The third kappa shape index (κ3) is 3.31. The quantitative estimate of drug-likeness (QED) is 0.912. The highest BCUT2D eigenvalue weighted by Gasteiger charge is 2.27. The maximum absolute atomic E-state index is 13.5. The summed E-state index contributed by atoms with van der Waals surface area (Å²) in [5.41, 5.74) is 0.266. The minimum atomic E-state index is -0.665. The number of halogens is 2. The Morgan fingerprint density at radius 1 is 1.45 bits per heavy atom. The van der Waals surface area contributed by atoms with Gasteiger partial charge in [0.2, 0.25) is 11.8 Å². The number of piperidine rings is 1. The predicted octanol–water partition coefficient (Wildman–Crippen LogP) is 1.45. The summed E-state index contributed by atoms with van der Waals surface area (Å²) in [7, 11) is 1.57. The lowest BCUT2D eigenvalue weighted by molar-refractivity contribution is -0.136. The Morgan fingerprint density at radius 3 is 2.80 bits per heavy atom. The van der Waals surface area contributed by atoms with E-state index < -0.39 is 11.6 Å². The van der Waals surface area contributed by atoms with Crippen molar-refractivity contribution in [2.45, 2.75) is 19.4 Å². The van der Waals surface area contributed by atoms with E-state index in [-0.39, 0.29) is 29.8 Å². The van der Waals surface area contributed by atoms with Gasteiger partial charge in [-0.1, -0.05) is 6.07 Å². The summed E-state index contributed by atoms with van der Waals surface area (Å²) in [5, 5.41) is 2.64. The van der Waals surface area contributed by atoms with Crippen molar-refractivity contribution in [3.05, 3.63) is 35.4 Å². The molecule has 2 amide bonds. The molecule has 1 heterocycles. The number of amides is 2. The second-order valence-electron chi connectivity index (χ2n) is 4.97. The SMILES string of the molecule is CN(Cc1ccc(F)cc1F)C(=O)C1CCC(=O)NC1. The zero-order valence-electron chi connectivity index (χ0n) is 11.2. The molecule has 1 aliphatic rings. The molecule has 0 aliphatic carbocycles. The van der Waals surface area contributed by atoms with Crippen LogP contribution in [0.2, 0.25) is 0 Å². The molecule has 0 bridgehead atoms. The van der Waals surface area contributed by atoms with Gasteiger partial charge in [-0.05, 0) is 12.5 Å². The summed E-state index contributed by atoms with van der Waals surface area (Å²) < 4.78 is 26.3. The maximum Gasteiger partial charge on any atom is 0.227 e. The second-order valence-corrected chi connectivity index (χ2v) is 4.97. The van der Waals surface area contributed by atoms with Gasteiger partial charge in [-0.2, -0.15) is 0 Å². The van der Waals surface area contributed by atoms with Crippen LogP contribution in [0.1, 0.15) is 18.4 Å². The first-order valence-electron chi connectivity index (χ1n) is 6.43. The molecule has 1 aromatic rings. The van der Waals surface area contributed by atoms with Crippen LogP contribution >= 0.6 is 0 Å². The van der Waals surface area contributed by atoms with Crippen molar-refractivity contribution < 1.29 is 18.4 Å². The molecule has 108 valence electrons. The Morgan fingerprint density at radius 2 is 2.20 bits per heavy atom. The molecule has 1 fully saturated rings. The standard InChI is InChI=1S/C14H16F2N2O2/c1-18(8-10-2-4-11(15)6-12(10)16)14(20)9-3-5-13(19)17-7-9/h2,4,6,9H,3,5,7-8H2,1H3,(H,17,19). The first-order valence-corrected chi connectivity index (χ1v) is 6.43. The molecule has 1 aromatic carbocycles. The number of hydrogen-bond acceptors (Lipinski definition) is 2. The van der Waals surface area contributed by atoms with Gasteiger partial charge in [0.25, 0.3) is 0 Å². The van der Waals surface area contributed by atoms with Gasteiger partial charge in [0, 0.05) is 38.2 Å². The van der Waals surface area contributed by atoms with E-state index in [0.717, 1.165) is 12.1 Å². The minimum Gasteiger partial charge on any atom is -0.355 e. The van der Waals surface area contributed by atoms with Crippen molar-refractivity contribution in [1.82, 2.24) is 10.2 Å². The number of nitrogens with zero attached hydrogens (tertiary/aromatic N) is 1. The summed E-state index contributed by atoms with van der Waals surface area (Å²) in [6.45, 7) is 0.392. The monoisotopic (exact) mass is 282 g/mol.